The van der Waals surface area contributed by atoms with E-state index in [4.69, 9.17) is 4.42 Å². The van der Waals surface area contributed by atoms with Crippen LogP contribution in [0.4, 0.5) is 4.79 Å². The molecule has 0 aliphatic carbocycles. The number of urea groups is 1. The molecule has 27 heavy (non-hydrogen) atoms. The van der Waals surface area contributed by atoms with Crippen molar-refractivity contribution in [2.24, 2.45) is 0 Å². The predicted molar refractivity (Wildman–Crippen MR) is 111 cm³/mol. The van der Waals surface area contributed by atoms with E-state index < -0.39 is 5.54 Å². The SMILES string of the molecule is C=C(C)c1cccc(C(C)(C)NC(=O)NCCc2coc3ccccc23)c1. The second-order valence-corrected chi connectivity index (χ2v) is 7.37. The van der Waals surface area contributed by atoms with Gasteiger partial charge < -0.3 is 15.1 Å². The van der Waals surface area contributed by atoms with Crippen LogP contribution in [0.1, 0.15) is 37.5 Å². The van der Waals surface area contributed by atoms with Gasteiger partial charge in [0.1, 0.15) is 5.58 Å². The zero-order chi connectivity index (χ0) is 19.4. The number of fused-ring (bicyclic) bond motifs is 1. The van der Waals surface area contributed by atoms with Gasteiger partial charge in [0, 0.05) is 11.9 Å². The molecule has 0 fully saturated rings. The van der Waals surface area contributed by atoms with Crippen LogP contribution in [-0.4, -0.2) is 12.6 Å². The molecule has 2 aromatic carbocycles. The lowest BCUT2D eigenvalue weighted by atomic mass is 9.92. The number of para-hydroxylation sites is 1. The Morgan fingerprint density at radius 2 is 1.93 bits per heavy atom. The topological polar surface area (TPSA) is 54.3 Å². The minimum absolute atomic E-state index is 0.187. The minimum atomic E-state index is -0.488. The quantitative estimate of drug-likeness (QED) is 0.630. The van der Waals surface area contributed by atoms with E-state index in [1.165, 1.54) is 0 Å². The first-order valence-corrected chi connectivity index (χ1v) is 9.14. The molecule has 0 unspecified atom stereocenters. The van der Waals surface area contributed by atoms with Crippen molar-refractivity contribution in [1.82, 2.24) is 10.6 Å². The Kier molecular flexibility index (Phi) is 5.36. The number of rotatable bonds is 6. The molecule has 140 valence electrons. The maximum atomic E-state index is 12.4. The highest BCUT2D eigenvalue weighted by Gasteiger charge is 2.23. The molecule has 2 amide bonds. The zero-order valence-electron chi connectivity index (χ0n) is 16.1. The number of nitrogens with one attached hydrogen (secondary N) is 2. The third-order valence-electron chi connectivity index (χ3n) is 4.74. The summed E-state index contributed by atoms with van der Waals surface area (Å²) in [6, 6.07) is 15.8. The average Bonchev–Trinajstić information content (AvgIpc) is 3.05. The van der Waals surface area contributed by atoms with Gasteiger partial charge in [-0.15, -0.1) is 0 Å². The van der Waals surface area contributed by atoms with Crippen molar-refractivity contribution < 1.29 is 9.21 Å². The van der Waals surface area contributed by atoms with Gasteiger partial charge in [0.25, 0.3) is 0 Å². The molecule has 0 saturated heterocycles. The molecule has 4 heteroatoms. The summed E-state index contributed by atoms with van der Waals surface area (Å²) in [4.78, 5) is 12.4. The van der Waals surface area contributed by atoms with Crippen LogP contribution < -0.4 is 10.6 Å². The number of hydrogen-bond acceptors (Lipinski definition) is 2. The van der Waals surface area contributed by atoms with E-state index in [-0.39, 0.29) is 6.03 Å². The molecule has 4 nitrogen and oxygen atoms in total. The number of allylic oxidation sites excluding steroid dienone is 1. The van der Waals surface area contributed by atoms with Crippen molar-refractivity contribution >= 4 is 22.6 Å². The fourth-order valence-corrected chi connectivity index (χ4v) is 3.11. The average molecular weight is 362 g/mol. The van der Waals surface area contributed by atoms with E-state index in [2.05, 4.69) is 23.3 Å². The standard InChI is InChI=1S/C23H26N2O2/c1-16(2)17-8-7-9-19(14-17)23(3,4)25-22(26)24-13-12-18-15-27-21-11-6-5-10-20(18)21/h5-11,14-15H,1,12-13H2,2-4H3,(H2,24,25,26). The smallest absolute Gasteiger partial charge is 0.315 e. The van der Waals surface area contributed by atoms with Crippen molar-refractivity contribution in [3.8, 4) is 0 Å². The molecule has 0 aliphatic heterocycles. The van der Waals surface area contributed by atoms with Gasteiger partial charge in [0.05, 0.1) is 11.8 Å². The normalized spacial score (nSPS) is 11.4. The lowest BCUT2D eigenvalue weighted by Crippen LogP contribution is -2.46. The third-order valence-corrected chi connectivity index (χ3v) is 4.74. The van der Waals surface area contributed by atoms with Gasteiger partial charge in [0.15, 0.2) is 0 Å². The van der Waals surface area contributed by atoms with E-state index in [9.17, 15) is 4.79 Å². The minimum Gasteiger partial charge on any atom is -0.464 e. The Morgan fingerprint density at radius 1 is 1.15 bits per heavy atom. The lowest BCUT2D eigenvalue weighted by molar-refractivity contribution is 0.230. The van der Waals surface area contributed by atoms with Gasteiger partial charge in [-0.25, -0.2) is 4.79 Å². The van der Waals surface area contributed by atoms with Crippen LogP contribution in [-0.2, 0) is 12.0 Å². The summed E-state index contributed by atoms with van der Waals surface area (Å²) in [5, 5.41) is 7.09. The fourth-order valence-electron chi connectivity index (χ4n) is 3.11. The van der Waals surface area contributed by atoms with Crippen LogP contribution in [0.5, 0.6) is 0 Å². The maximum absolute atomic E-state index is 12.4. The van der Waals surface area contributed by atoms with E-state index in [1.54, 1.807) is 6.26 Å². The summed E-state index contributed by atoms with van der Waals surface area (Å²) < 4.78 is 5.54. The van der Waals surface area contributed by atoms with Crippen molar-refractivity contribution in [1.29, 1.82) is 0 Å². The van der Waals surface area contributed by atoms with E-state index in [1.807, 2.05) is 63.2 Å². The Balaban J connectivity index is 1.58. The monoisotopic (exact) mass is 362 g/mol. The Bertz CT molecular complexity index is 969. The van der Waals surface area contributed by atoms with Gasteiger partial charge >= 0.3 is 6.03 Å². The molecule has 1 heterocycles. The predicted octanol–water partition coefficient (Wildman–Crippen LogP) is 5.24. The van der Waals surface area contributed by atoms with Crippen LogP contribution in [0.2, 0.25) is 0 Å². The number of carbonyl (C=O) groups excluding carboxylic acids is 1. The van der Waals surface area contributed by atoms with Gasteiger partial charge in [-0.2, -0.15) is 0 Å². The highest BCUT2D eigenvalue weighted by Crippen LogP contribution is 2.23. The van der Waals surface area contributed by atoms with Crippen molar-refractivity contribution in [3.63, 3.8) is 0 Å². The first-order valence-electron chi connectivity index (χ1n) is 9.14. The number of hydrogen-bond donors (Lipinski definition) is 2. The van der Waals surface area contributed by atoms with Crippen molar-refractivity contribution in [2.45, 2.75) is 32.7 Å². The molecule has 3 aromatic rings. The molecular formula is C23H26N2O2. The summed E-state index contributed by atoms with van der Waals surface area (Å²) >= 11 is 0. The van der Waals surface area contributed by atoms with Gasteiger partial charge in [0.2, 0.25) is 0 Å². The number of carbonyl (C=O) groups is 1. The zero-order valence-corrected chi connectivity index (χ0v) is 16.1. The number of benzene rings is 2. The molecule has 0 aliphatic rings. The second-order valence-electron chi connectivity index (χ2n) is 7.37. The third kappa shape index (κ3) is 4.40. The first-order chi connectivity index (χ1) is 12.9. The molecular weight excluding hydrogens is 336 g/mol. The molecule has 0 spiro atoms. The largest absolute Gasteiger partial charge is 0.464 e. The van der Waals surface area contributed by atoms with E-state index in [0.717, 1.165) is 39.7 Å². The van der Waals surface area contributed by atoms with Gasteiger partial charge in [-0.3, -0.25) is 0 Å². The highest BCUT2D eigenvalue weighted by molar-refractivity contribution is 5.81. The van der Waals surface area contributed by atoms with Gasteiger partial charge in [-0.1, -0.05) is 48.6 Å². The molecule has 1 aromatic heterocycles. The number of amides is 2. The summed E-state index contributed by atoms with van der Waals surface area (Å²) in [5.41, 5.74) is 4.60. The summed E-state index contributed by atoms with van der Waals surface area (Å²) in [5.74, 6) is 0. The first kappa shape index (κ1) is 18.8. The second kappa shape index (κ2) is 7.70. The highest BCUT2D eigenvalue weighted by atomic mass is 16.3. The van der Waals surface area contributed by atoms with Crippen LogP contribution in [0.25, 0.3) is 16.5 Å². The Morgan fingerprint density at radius 3 is 2.70 bits per heavy atom. The Labute approximate surface area is 160 Å². The Hall–Kier alpha value is -3.01. The summed E-state index contributed by atoms with van der Waals surface area (Å²) in [7, 11) is 0. The summed E-state index contributed by atoms with van der Waals surface area (Å²) in [6.45, 7) is 10.5. The number of furan rings is 1. The van der Waals surface area contributed by atoms with Crippen LogP contribution in [0.3, 0.4) is 0 Å². The molecule has 0 atom stereocenters. The van der Waals surface area contributed by atoms with Crippen molar-refractivity contribution in [2.75, 3.05) is 6.54 Å². The lowest BCUT2D eigenvalue weighted by Gasteiger charge is -2.27. The maximum Gasteiger partial charge on any atom is 0.315 e. The molecule has 2 N–H and O–H groups in total. The molecule has 0 radical (unpaired) electrons. The van der Waals surface area contributed by atoms with E-state index in [0.29, 0.717) is 6.54 Å². The van der Waals surface area contributed by atoms with Crippen LogP contribution >= 0.6 is 0 Å². The van der Waals surface area contributed by atoms with Crippen LogP contribution in [0.15, 0.2) is 65.8 Å². The van der Waals surface area contributed by atoms with Gasteiger partial charge in [-0.05, 0) is 56.0 Å². The van der Waals surface area contributed by atoms with Crippen molar-refractivity contribution in [3.05, 3.63) is 78.1 Å². The fraction of sp³-hybridized carbons (Fsp3) is 0.261. The molecule has 0 bridgehead atoms. The summed E-state index contributed by atoms with van der Waals surface area (Å²) in [6.07, 6.45) is 2.48. The molecule has 0 saturated carbocycles. The van der Waals surface area contributed by atoms with Crippen LogP contribution in [0, 0.1) is 0 Å². The molecule has 3 rings (SSSR count). The van der Waals surface area contributed by atoms with E-state index >= 15 is 0 Å².